The Hall–Kier alpha value is -2.17. The average molecular weight is 380 g/mol. The number of benzene rings is 2. The molecule has 0 bridgehead atoms. The first-order chi connectivity index (χ1) is 13.3. The summed E-state index contributed by atoms with van der Waals surface area (Å²) in [6, 6.07) is 17.2. The first-order valence-corrected chi connectivity index (χ1v) is 10.2. The lowest BCUT2D eigenvalue weighted by atomic mass is 9.67. The van der Waals surface area contributed by atoms with Gasteiger partial charge in [0.15, 0.2) is 0 Å². The molecular weight excluding hydrogens is 346 g/mol. The van der Waals surface area contributed by atoms with E-state index in [4.69, 9.17) is 5.73 Å². The van der Waals surface area contributed by atoms with Crippen molar-refractivity contribution in [2.45, 2.75) is 51.1 Å². The van der Waals surface area contributed by atoms with Crippen molar-refractivity contribution < 1.29 is 4.79 Å². The van der Waals surface area contributed by atoms with E-state index in [0.29, 0.717) is 11.6 Å². The zero-order valence-corrected chi connectivity index (χ0v) is 17.5. The summed E-state index contributed by atoms with van der Waals surface area (Å²) < 4.78 is 0. The molecule has 0 spiro atoms. The molecule has 0 saturated carbocycles. The van der Waals surface area contributed by atoms with Crippen LogP contribution in [0.2, 0.25) is 0 Å². The second-order valence-electron chi connectivity index (χ2n) is 8.45. The van der Waals surface area contributed by atoms with Gasteiger partial charge in [0.25, 0.3) is 0 Å². The topological polar surface area (TPSA) is 58.4 Å². The van der Waals surface area contributed by atoms with Gasteiger partial charge in [-0.05, 0) is 75.6 Å². The van der Waals surface area contributed by atoms with Gasteiger partial charge in [0.1, 0.15) is 0 Å². The number of primary amides is 1. The van der Waals surface area contributed by atoms with E-state index < -0.39 is 0 Å². The highest BCUT2D eigenvalue weighted by atomic mass is 16.1. The molecule has 1 heterocycles. The van der Waals surface area contributed by atoms with E-state index in [2.05, 4.69) is 68.4 Å². The molecule has 0 radical (unpaired) electrons. The van der Waals surface area contributed by atoms with Crippen LogP contribution in [0.15, 0.2) is 48.5 Å². The van der Waals surface area contributed by atoms with Gasteiger partial charge in [-0.25, -0.2) is 0 Å². The van der Waals surface area contributed by atoms with Crippen molar-refractivity contribution in [3.63, 3.8) is 0 Å². The fourth-order valence-electron chi connectivity index (χ4n) is 4.66. The van der Waals surface area contributed by atoms with Gasteiger partial charge in [0, 0.05) is 23.1 Å². The highest BCUT2D eigenvalue weighted by Gasteiger charge is 2.44. The van der Waals surface area contributed by atoms with Gasteiger partial charge in [-0.15, -0.1) is 0 Å². The lowest BCUT2D eigenvalue weighted by Gasteiger charge is -2.50. The molecule has 0 aliphatic carbocycles. The number of piperidine rings is 1. The summed E-state index contributed by atoms with van der Waals surface area (Å²) in [5.41, 5.74) is 9.91. The van der Waals surface area contributed by atoms with Crippen LogP contribution < -0.4 is 11.1 Å². The lowest BCUT2D eigenvalue weighted by molar-refractivity contribution is 0.0887. The van der Waals surface area contributed by atoms with E-state index in [-0.39, 0.29) is 17.4 Å². The lowest BCUT2D eigenvalue weighted by Crippen LogP contribution is -2.62. The molecule has 0 aromatic heterocycles. The van der Waals surface area contributed by atoms with Crippen LogP contribution in [0.3, 0.4) is 0 Å². The molecule has 1 fully saturated rings. The molecule has 3 atom stereocenters. The Balaban J connectivity index is 1.88. The highest BCUT2D eigenvalue weighted by molar-refractivity contribution is 5.93. The Morgan fingerprint density at radius 2 is 1.96 bits per heavy atom. The molecule has 1 aliphatic rings. The third-order valence-electron chi connectivity index (χ3n) is 6.61. The van der Waals surface area contributed by atoms with Crippen LogP contribution in [-0.4, -0.2) is 43.0 Å². The van der Waals surface area contributed by atoms with Crippen LogP contribution in [0.5, 0.6) is 0 Å². The number of aryl methyl sites for hydroxylation is 1. The SMILES string of the molecule is Cc1ccc(C(N)=O)cc1[C@@]1(C)CCN(C)C(C)[C@@H]1NCCc1ccccc1. The molecule has 28 heavy (non-hydrogen) atoms. The molecule has 2 aromatic rings. The van der Waals surface area contributed by atoms with Gasteiger partial charge in [0.2, 0.25) is 5.91 Å². The number of nitrogens with two attached hydrogens (primary N) is 1. The van der Waals surface area contributed by atoms with Crippen LogP contribution >= 0.6 is 0 Å². The largest absolute Gasteiger partial charge is 0.366 e. The number of likely N-dealkylation sites (tertiary alicyclic amines) is 1. The second-order valence-corrected chi connectivity index (χ2v) is 8.45. The maximum atomic E-state index is 11.8. The Labute approximate surface area is 169 Å². The van der Waals surface area contributed by atoms with Crippen molar-refractivity contribution in [2.24, 2.45) is 5.73 Å². The highest BCUT2D eigenvalue weighted by Crippen LogP contribution is 2.39. The number of hydrogen-bond donors (Lipinski definition) is 2. The van der Waals surface area contributed by atoms with Crippen molar-refractivity contribution in [1.29, 1.82) is 0 Å². The molecule has 1 saturated heterocycles. The molecule has 3 rings (SSSR count). The van der Waals surface area contributed by atoms with E-state index >= 15 is 0 Å². The molecule has 4 nitrogen and oxygen atoms in total. The quantitative estimate of drug-likeness (QED) is 0.810. The molecule has 2 aromatic carbocycles. The number of rotatable bonds is 6. The minimum Gasteiger partial charge on any atom is -0.366 e. The number of likely N-dealkylation sites (N-methyl/N-ethyl adjacent to an activating group) is 1. The predicted octanol–water partition coefficient (Wildman–Crippen LogP) is 3.28. The van der Waals surface area contributed by atoms with Crippen LogP contribution in [-0.2, 0) is 11.8 Å². The summed E-state index contributed by atoms with van der Waals surface area (Å²) in [7, 11) is 2.20. The Morgan fingerprint density at radius 1 is 1.25 bits per heavy atom. The third-order valence-corrected chi connectivity index (χ3v) is 6.61. The number of amides is 1. The molecule has 150 valence electrons. The average Bonchev–Trinajstić information content (AvgIpc) is 2.68. The maximum absolute atomic E-state index is 11.8. The van der Waals surface area contributed by atoms with Gasteiger partial charge in [-0.3, -0.25) is 4.79 Å². The predicted molar refractivity (Wildman–Crippen MR) is 116 cm³/mol. The summed E-state index contributed by atoms with van der Waals surface area (Å²) in [5.74, 6) is -0.362. The van der Waals surface area contributed by atoms with Crippen molar-refractivity contribution in [2.75, 3.05) is 20.1 Å². The Kier molecular flexibility index (Phi) is 6.21. The summed E-state index contributed by atoms with van der Waals surface area (Å²) in [6.45, 7) is 8.73. The number of hydrogen-bond acceptors (Lipinski definition) is 3. The van der Waals surface area contributed by atoms with Crippen molar-refractivity contribution in [3.05, 3.63) is 70.8 Å². The first kappa shape index (κ1) is 20.6. The number of nitrogens with zero attached hydrogens (tertiary/aromatic N) is 1. The Bertz CT molecular complexity index is 820. The van der Waals surface area contributed by atoms with Crippen molar-refractivity contribution in [3.8, 4) is 0 Å². The van der Waals surface area contributed by atoms with E-state index in [1.807, 2.05) is 18.2 Å². The molecule has 1 unspecified atom stereocenters. The minimum absolute atomic E-state index is 0.0574. The van der Waals surface area contributed by atoms with Crippen LogP contribution in [0, 0.1) is 6.92 Å². The van der Waals surface area contributed by atoms with Gasteiger partial charge in [-0.1, -0.05) is 43.3 Å². The van der Waals surface area contributed by atoms with E-state index in [1.165, 1.54) is 16.7 Å². The summed E-state index contributed by atoms with van der Waals surface area (Å²) in [5, 5.41) is 3.86. The maximum Gasteiger partial charge on any atom is 0.248 e. The van der Waals surface area contributed by atoms with Crippen LogP contribution in [0.4, 0.5) is 0 Å². The number of carbonyl (C=O) groups excluding carboxylic acids is 1. The molecule has 3 N–H and O–H groups in total. The zero-order chi connectivity index (χ0) is 20.3. The fraction of sp³-hybridized carbons (Fsp3) is 0.458. The van der Waals surface area contributed by atoms with Gasteiger partial charge < -0.3 is 16.0 Å². The van der Waals surface area contributed by atoms with Crippen LogP contribution in [0.1, 0.15) is 47.3 Å². The van der Waals surface area contributed by atoms with E-state index in [0.717, 1.165) is 25.9 Å². The molecule has 1 amide bonds. The normalized spacial score (nSPS) is 25.6. The molecule has 4 heteroatoms. The molecule has 1 aliphatic heterocycles. The van der Waals surface area contributed by atoms with Crippen LogP contribution in [0.25, 0.3) is 0 Å². The number of carbonyl (C=O) groups is 1. The zero-order valence-electron chi connectivity index (χ0n) is 17.5. The molecular formula is C24H33N3O. The van der Waals surface area contributed by atoms with Crippen molar-refractivity contribution in [1.82, 2.24) is 10.2 Å². The third kappa shape index (κ3) is 4.13. The monoisotopic (exact) mass is 379 g/mol. The van der Waals surface area contributed by atoms with Gasteiger partial charge >= 0.3 is 0 Å². The van der Waals surface area contributed by atoms with E-state index in [1.54, 1.807) is 0 Å². The summed E-state index contributed by atoms with van der Waals surface area (Å²) in [4.78, 5) is 14.2. The second kappa shape index (κ2) is 8.46. The van der Waals surface area contributed by atoms with E-state index in [9.17, 15) is 4.79 Å². The summed E-state index contributed by atoms with van der Waals surface area (Å²) >= 11 is 0. The minimum atomic E-state index is -0.362. The smallest absolute Gasteiger partial charge is 0.248 e. The first-order valence-electron chi connectivity index (χ1n) is 10.2. The van der Waals surface area contributed by atoms with Crippen molar-refractivity contribution >= 4 is 5.91 Å². The van der Waals surface area contributed by atoms with Gasteiger partial charge in [-0.2, -0.15) is 0 Å². The number of nitrogens with one attached hydrogen (secondary N) is 1. The standard InChI is InChI=1S/C24H33N3O/c1-17-10-11-20(23(25)28)16-21(17)24(3)13-15-27(4)18(2)22(24)26-14-12-19-8-6-5-7-9-19/h5-11,16,18,22,26H,12-15H2,1-4H3,(H2,25,28)/t18?,22-,24+/m0/s1. The summed E-state index contributed by atoms with van der Waals surface area (Å²) in [6.07, 6.45) is 2.05. The van der Waals surface area contributed by atoms with Gasteiger partial charge in [0.05, 0.1) is 0 Å². The Morgan fingerprint density at radius 3 is 2.64 bits per heavy atom. The fourth-order valence-corrected chi connectivity index (χ4v) is 4.66.